The first-order valence-electron chi connectivity index (χ1n) is 10.1. The van der Waals surface area contributed by atoms with Gasteiger partial charge in [0.15, 0.2) is 6.10 Å². The van der Waals surface area contributed by atoms with Gasteiger partial charge in [-0.05, 0) is 55.8 Å². The number of benzene rings is 1. The fraction of sp³-hybridized carbons (Fsp3) is 0.261. The number of carbonyl (C=O) groups is 3. The molecule has 8 nitrogen and oxygen atoms in total. The lowest BCUT2D eigenvalue weighted by atomic mass is 9.94. The molecule has 0 spiro atoms. The molecule has 2 aromatic heterocycles. The molecule has 0 aliphatic carbocycles. The van der Waals surface area contributed by atoms with Gasteiger partial charge in [0.05, 0.1) is 24.6 Å². The molecule has 2 aliphatic heterocycles. The van der Waals surface area contributed by atoms with Crippen molar-refractivity contribution in [3.63, 3.8) is 0 Å². The van der Waals surface area contributed by atoms with Crippen LogP contribution in [0.1, 0.15) is 32.6 Å². The van der Waals surface area contributed by atoms with Crippen LogP contribution in [-0.2, 0) is 19.2 Å². The molecule has 2 saturated heterocycles. The summed E-state index contributed by atoms with van der Waals surface area (Å²) in [5.41, 5.74) is 1.51. The summed E-state index contributed by atoms with van der Waals surface area (Å²) in [6.45, 7) is 3.59. The van der Waals surface area contributed by atoms with Gasteiger partial charge in [0.1, 0.15) is 22.7 Å². The average Bonchev–Trinajstić information content (AvgIpc) is 3.55. The molecule has 0 N–H and O–H groups in total. The average molecular weight is 487 g/mol. The number of ether oxygens (including phenoxy) is 1. The molecular formula is C23H19ClN2O6S. The summed E-state index contributed by atoms with van der Waals surface area (Å²) in [6.07, 6.45) is 0.430. The van der Waals surface area contributed by atoms with Gasteiger partial charge in [0.25, 0.3) is 5.91 Å². The molecule has 10 heteroatoms. The number of halogens is 1. The van der Waals surface area contributed by atoms with E-state index in [2.05, 4.69) is 0 Å². The minimum absolute atomic E-state index is 0.214. The van der Waals surface area contributed by atoms with E-state index in [1.54, 1.807) is 43.3 Å². The van der Waals surface area contributed by atoms with Crippen molar-refractivity contribution in [2.24, 2.45) is 5.92 Å². The second-order valence-corrected chi connectivity index (χ2v) is 9.42. The van der Waals surface area contributed by atoms with Crippen LogP contribution in [0, 0.1) is 19.8 Å². The molecule has 2 fully saturated rings. The smallest absolute Gasteiger partial charge is 0.341 e. The molecule has 2 aliphatic rings. The number of methoxy groups -OCH3 is 1. The third-order valence-corrected chi connectivity index (χ3v) is 7.43. The summed E-state index contributed by atoms with van der Waals surface area (Å²) < 4.78 is 10.5. The Morgan fingerprint density at radius 3 is 2.48 bits per heavy atom. The molecule has 33 heavy (non-hydrogen) atoms. The maximum atomic E-state index is 13.7. The number of rotatable bonds is 4. The highest BCUT2D eigenvalue weighted by molar-refractivity contribution is 7.17. The molecule has 4 heterocycles. The Labute approximate surface area is 198 Å². The van der Waals surface area contributed by atoms with E-state index in [1.807, 2.05) is 6.92 Å². The number of hydroxylamine groups is 1. The summed E-state index contributed by atoms with van der Waals surface area (Å²) in [7, 11) is 1.26. The number of furan rings is 1. The van der Waals surface area contributed by atoms with Crippen molar-refractivity contribution in [3.8, 4) is 0 Å². The molecule has 1 aromatic carbocycles. The number of hydrogen-bond donors (Lipinski definition) is 0. The molecule has 3 aromatic rings. The third kappa shape index (κ3) is 3.26. The Kier molecular flexibility index (Phi) is 5.27. The Morgan fingerprint density at radius 2 is 1.85 bits per heavy atom. The van der Waals surface area contributed by atoms with Gasteiger partial charge in [0, 0.05) is 9.90 Å². The number of hydrogen-bond acceptors (Lipinski definition) is 8. The number of fused-ring (bicyclic) bond motifs is 1. The van der Waals surface area contributed by atoms with E-state index in [4.69, 9.17) is 25.6 Å². The minimum Gasteiger partial charge on any atom is -0.467 e. The number of esters is 1. The Morgan fingerprint density at radius 1 is 1.12 bits per heavy atom. The normalized spacial score (nSPS) is 22.2. The van der Waals surface area contributed by atoms with E-state index in [1.165, 1.54) is 29.8 Å². The standard InChI is InChI=1S/C23H19ClN2O6S/c1-11-12(2)33-22(16(11)23(29)30-3)25-20(27)17-18(15-5-4-10-31-15)26(32-19(17)21(25)28)14-8-6-13(24)7-9-14/h4-10,17-19H,1-3H3. The van der Waals surface area contributed by atoms with Crippen LogP contribution in [0.2, 0.25) is 5.02 Å². The molecule has 170 valence electrons. The van der Waals surface area contributed by atoms with Crippen molar-refractivity contribution in [2.75, 3.05) is 17.1 Å². The van der Waals surface area contributed by atoms with Crippen molar-refractivity contribution in [1.29, 1.82) is 0 Å². The lowest BCUT2D eigenvalue weighted by Gasteiger charge is -2.27. The van der Waals surface area contributed by atoms with Crippen LogP contribution >= 0.6 is 22.9 Å². The zero-order chi connectivity index (χ0) is 23.4. The van der Waals surface area contributed by atoms with Gasteiger partial charge in [0.2, 0.25) is 5.91 Å². The van der Waals surface area contributed by atoms with Crippen LogP contribution in [-0.4, -0.2) is 31.0 Å². The highest BCUT2D eigenvalue weighted by Gasteiger charge is 2.61. The minimum atomic E-state index is -1.07. The molecule has 0 bridgehead atoms. The van der Waals surface area contributed by atoms with E-state index in [9.17, 15) is 14.4 Å². The molecule has 3 atom stereocenters. The maximum Gasteiger partial charge on any atom is 0.341 e. The van der Waals surface area contributed by atoms with Crippen LogP contribution < -0.4 is 9.96 Å². The number of imide groups is 1. The zero-order valence-electron chi connectivity index (χ0n) is 17.9. The van der Waals surface area contributed by atoms with Crippen molar-refractivity contribution >= 4 is 51.4 Å². The van der Waals surface area contributed by atoms with Crippen LogP contribution in [0.4, 0.5) is 10.7 Å². The fourth-order valence-electron chi connectivity index (χ4n) is 4.28. The zero-order valence-corrected chi connectivity index (χ0v) is 19.5. The van der Waals surface area contributed by atoms with Gasteiger partial charge >= 0.3 is 5.97 Å². The van der Waals surface area contributed by atoms with Crippen molar-refractivity contribution < 1.29 is 28.4 Å². The first-order chi connectivity index (χ1) is 15.8. The number of anilines is 2. The first kappa shape index (κ1) is 21.7. The molecular weight excluding hydrogens is 468 g/mol. The Balaban J connectivity index is 1.59. The van der Waals surface area contributed by atoms with Crippen molar-refractivity contribution in [2.45, 2.75) is 26.0 Å². The Hall–Kier alpha value is -3.14. The van der Waals surface area contributed by atoms with Gasteiger partial charge in [-0.2, -0.15) is 0 Å². The number of carbonyl (C=O) groups excluding carboxylic acids is 3. The summed E-state index contributed by atoms with van der Waals surface area (Å²) >= 11 is 7.22. The summed E-state index contributed by atoms with van der Waals surface area (Å²) in [5.74, 6) is -1.99. The fourth-order valence-corrected chi connectivity index (χ4v) is 5.56. The molecule has 2 amide bonds. The summed E-state index contributed by atoms with van der Waals surface area (Å²) in [5, 5.41) is 2.31. The molecule has 0 radical (unpaired) electrons. The SMILES string of the molecule is COC(=O)c1c(N2C(=O)C3ON(c4ccc(Cl)cc4)C(c4ccco4)C3C2=O)sc(C)c1C. The van der Waals surface area contributed by atoms with Gasteiger partial charge in [-0.1, -0.05) is 11.6 Å². The van der Waals surface area contributed by atoms with Gasteiger partial charge in [-0.3, -0.25) is 14.4 Å². The summed E-state index contributed by atoms with van der Waals surface area (Å²) in [4.78, 5) is 47.6. The van der Waals surface area contributed by atoms with E-state index in [0.717, 1.165) is 9.78 Å². The van der Waals surface area contributed by atoms with Crippen LogP contribution in [0.3, 0.4) is 0 Å². The van der Waals surface area contributed by atoms with Crippen LogP contribution in [0.5, 0.6) is 0 Å². The van der Waals surface area contributed by atoms with Crippen molar-refractivity contribution in [1.82, 2.24) is 0 Å². The van der Waals surface area contributed by atoms with Crippen molar-refractivity contribution in [3.05, 3.63) is 69.4 Å². The molecule has 3 unspecified atom stereocenters. The van der Waals surface area contributed by atoms with E-state index >= 15 is 0 Å². The number of nitrogens with zero attached hydrogens (tertiary/aromatic N) is 2. The number of thiophene rings is 1. The predicted molar refractivity (Wildman–Crippen MR) is 121 cm³/mol. The van der Waals surface area contributed by atoms with Crippen LogP contribution in [0.15, 0.2) is 47.1 Å². The highest BCUT2D eigenvalue weighted by Crippen LogP contribution is 2.49. The lowest BCUT2D eigenvalue weighted by Crippen LogP contribution is -2.37. The maximum absolute atomic E-state index is 13.7. The van der Waals surface area contributed by atoms with E-state index < -0.39 is 35.8 Å². The van der Waals surface area contributed by atoms with E-state index in [0.29, 0.717) is 22.0 Å². The number of aryl methyl sites for hydroxylation is 1. The second kappa shape index (κ2) is 8.02. The Bertz CT molecular complexity index is 1250. The molecule has 0 saturated carbocycles. The predicted octanol–water partition coefficient (Wildman–Crippen LogP) is 4.45. The molecule has 5 rings (SSSR count). The highest BCUT2D eigenvalue weighted by atomic mass is 35.5. The lowest BCUT2D eigenvalue weighted by molar-refractivity contribution is -0.126. The monoisotopic (exact) mass is 486 g/mol. The largest absolute Gasteiger partial charge is 0.467 e. The topological polar surface area (TPSA) is 89.3 Å². The first-order valence-corrected chi connectivity index (χ1v) is 11.3. The van der Waals surface area contributed by atoms with Crippen LogP contribution in [0.25, 0.3) is 0 Å². The van der Waals surface area contributed by atoms with E-state index in [-0.39, 0.29) is 10.6 Å². The van der Waals surface area contributed by atoms with Gasteiger partial charge < -0.3 is 9.15 Å². The summed E-state index contributed by atoms with van der Waals surface area (Å²) in [6, 6.07) is 9.65. The third-order valence-electron chi connectivity index (χ3n) is 5.99. The quantitative estimate of drug-likeness (QED) is 0.397. The van der Waals surface area contributed by atoms with Gasteiger partial charge in [-0.25, -0.2) is 14.8 Å². The second-order valence-electron chi connectivity index (χ2n) is 7.78. The van der Waals surface area contributed by atoms with Gasteiger partial charge in [-0.15, -0.1) is 11.3 Å². The number of amides is 2.